The van der Waals surface area contributed by atoms with E-state index in [0.717, 1.165) is 5.69 Å². The van der Waals surface area contributed by atoms with E-state index in [4.69, 9.17) is 0 Å². The fourth-order valence-corrected chi connectivity index (χ4v) is 2.62. The Kier molecular flexibility index (Phi) is 4.74. The number of H-pyrrole nitrogens is 1. The molecule has 1 aromatic carbocycles. The van der Waals surface area contributed by atoms with Crippen LogP contribution in [0.15, 0.2) is 52.1 Å². The van der Waals surface area contributed by atoms with E-state index in [1.807, 2.05) is 13.0 Å². The average molecular weight is 338 g/mol. The van der Waals surface area contributed by atoms with Gasteiger partial charge in [0.15, 0.2) is 5.69 Å². The molecule has 0 radical (unpaired) electrons. The van der Waals surface area contributed by atoms with Crippen LogP contribution in [-0.4, -0.2) is 27.0 Å². The summed E-state index contributed by atoms with van der Waals surface area (Å²) in [6, 6.07) is 12.1. The molecule has 2 heterocycles. The van der Waals surface area contributed by atoms with Crippen molar-refractivity contribution in [3.8, 4) is 0 Å². The molecule has 0 aliphatic heterocycles. The lowest BCUT2D eigenvalue weighted by Crippen LogP contribution is -2.32. The second-order valence-corrected chi connectivity index (χ2v) is 5.70. The van der Waals surface area contributed by atoms with Crippen molar-refractivity contribution in [2.75, 3.05) is 6.54 Å². The summed E-state index contributed by atoms with van der Waals surface area (Å²) in [5.41, 5.74) is 1.25. The van der Waals surface area contributed by atoms with Gasteiger partial charge in [0.2, 0.25) is 0 Å². The van der Waals surface area contributed by atoms with Crippen molar-refractivity contribution in [2.45, 2.75) is 19.9 Å². The smallest absolute Gasteiger partial charge is 0.280 e. The molecule has 3 aromatic rings. The first-order valence-electron chi connectivity index (χ1n) is 8.00. The maximum Gasteiger partial charge on any atom is 0.280 e. The summed E-state index contributed by atoms with van der Waals surface area (Å²) >= 11 is 0. The molecular formula is C18H18N4O3. The molecule has 0 fully saturated rings. The molecule has 0 saturated heterocycles. The van der Waals surface area contributed by atoms with Crippen LogP contribution in [0, 0.1) is 6.92 Å². The Bertz CT molecular complexity index is 1040. The molecular weight excluding hydrogens is 320 g/mol. The summed E-state index contributed by atoms with van der Waals surface area (Å²) < 4.78 is 1.65. The molecule has 25 heavy (non-hydrogen) atoms. The van der Waals surface area contributed by atoms with Crippen LogP contribution < -0.4 is 16.4 Å². The molecule has 0 aliphatic rings. The van der Waals surface area contributed by atoms with Gasteiger partial charge in [-0.1, -0.05) is 18.2 Å². The van der Waals surface area contributed by atoms with Gasteiger partial charge in [0.25, 0.3) is 17.0 Å². The molecule has 3 rings (SSSR count). The van der Waals surface area contributed by atoms with E-state index in [2.05, 4.69) is 15.3 Å². The number of nitrogens with one attached hydrogen (secondary N) is 2. The Morgan fingerprint density at radius 2 is 1.96 bits per heavy atom. The number of carbonyl (C=O) groups excluding carboxylic acids is 1. The number of aryl methyl sites for hydroxylation is 1. The molecule has 128 valence electrons. The minimum absolute atomic E-state index is 0.0704. The molecule has 7 heteroatoms. The van der Waals surface area contributed by atoms with E-state index in [1.165, 1.54) is 6.07 Å². The third-order valence-electron chi connectivity index (χ3n) is 3.93. The second-order valence-electron chi connectivity index (χ2n) is 5.70. The van der Waals surface area contributed by atoms with E-state index in [0.29, 0.717) is 30.5 Å². The summed E-state index contributed by atoms with van der Waals surface area (Å²) in [6.07, 6.45) is 0.571. The second kappa shape index (κ2) is 7.12. The first kappa shape index (κ1) is 16.6. The molecule has 1 amide bonds. The molecule has 0 unspecified atom stereocenters. The van der Waals surface area contributed by atoms with Crippen molar-refractivity contribution < 1.29 is 4.79 Å². The number of fused-ring (bicyclic) bond motifs is 1. The number of carbonyl (C=O) groups is 1. The SMILES string of the molecule is Cc1cccc(=O)n1CCCNC(=O)c1nc2ccccc2[nH]c1=O. The number of para-hydroxylation sites is 2. The summed E-state index contributed by atoms with van der Waals surface area (Å²) in [5, 5.41) is 2.68. The highest BCUT2D eigenvalue weighted by atomic mass is 16.2. The summed E-state index contributed by atoms with van der Waals surface area (Å²) in [5.74, 6) is -0.524. The molecule has 0 spiro atoms. The highest BCUT2D eigenvalue weighted by Gasteiger charge is 2.13. The molecule has 2 aromatic heterocycles. The number of hydrogen-bond acceptors (Lipinski definition) is 4. The van der Waals surface area contributed by atoms with E-state index < -0.39 is 11.5 Å². The first-order valence-corrected chi connectivity index (χ1v) is 8.00. The minimum atomic E-state index is -0.524. The van der Waals surface area contributed by atoms with Gasteiger partial charge < -0.3 is 14.9 Å². The number of pyridine rings is 1. The van der Waals surface area contributed by atoms with Crippen molar-refractivity contribution in [2.24, 2.45) is 0 Å². The third-order valence-corrected chi connectivity index (χ3v) is 3.93. The largest absolute Gasteiger partial charge is 0.350 e. The van der Waals surface area contributed by atoms with Crippen LogP contribution in [0.2, 0.25) is 0 Å². The van der Waals surface area contributed by atoms with E-state index >= 15 is 0 Å². The van der Waals surface area contributed by atoms with Gasteiger partial charge in [-0.3, -0.25) is 14.4 Å². The lowest BCUT2D eigenvalue weighted by Gasteiger charge is -2.09. The van der Waals surface area contributed by atoms with Gasteiger partial charge in [-0.05, 0) is 31.5 Å². The standard InChI is InChI=1S/C18H18N4O3/c1-12-6-4-9-15(23)22(12)11-5-10-19-17(24)16-18(25)21-14-8-3-2-7-13(14)20-16/h2-4,6-9H,5,10-11H2,1H3,(H,19,24)(H,21,25). The number of rotatable bonds is 5. The monoisotopic (exact) mass is 338 g/mol. The Morgan fingerprint density at radius 3 is 2.76 bits per heavy atom. The number of aromatic nitrogens is 3. The predicted molar refractivity (Wildman–Crippen MR) is 94.8 cm³/mol. The number of hydrogen-bond donors (Lipinski definition) is 2. The molecule has 0 saturated carbocycles. The van der Waals surface area contributed by atoms with Crippen LogP contribution >= 0.6 is 0 Å². The van der Waals surface area contributed by atoms with Crippen LogP contribution in [0.4, 0.5) is 0 Å². The predicted octanol–water partition coefficient (Wildman–Crippen LogP) is 1.21. The minimum Gasteiger partial charge on any atom is -0.350 e. The van der Waals surface area contributed by atoms with E-state index in [9.17, 15) is 14.4 Å². The van der Waals surface area contributed by atoms with Crippen molar-refractivity contribution in [1.82, 2.24) is 19.9 Å². The first-order chi connectivity index (χ1) is 12.1. The van der Waals surface area contributed by atoms with Crippen LogP contribution in [0.3, 0.4) is 0 Å². The molecule has 0 bridgehead atoms. The lowest BCUT2D eigenvalue weighted by atomic mass is 10.3. The Labute approximate surface area is 143 Å². The molecule has 7 nitrogen and oxygen atoms in total. The average Bonchev–Trinajstić information content (AvgIpc) is 2.60. The third kappa shape index (κ3) is 3.65. The van der Waals surface area contributed by atoms with Gasteiger partial charge in [0.05, 0.1) is 11.0 Å². The molecule has 0 atom stereocenters. The molecule has 0 aliphatic carbocycles. The van der Waals surface area contributed by atoms with Crippen molar-refractivity contribution in [3.05, 3.63) is 74.6 Å². The lowest BCUT2D eigenvalue weighted by molar-refractivity contribution is 0.0946. The normalized spacial score (nSPS) is 10.8. The fourth-order valence-electron chi connectivity index (χ4n) is 2.62. The van der Waals surface area contributed by atoms with Crippen molar-refractivity contribution in [1.29, 1.82) is 0 Å². The Morgan fingerprint density at radius 1 is 1.16 bits per heavy atom. The van der Waals surface area contributed by atoms with Crippen LogP contribution in [0.1, 0.15) is 22.6 Å². The fraction of sp³-hybridized carbons (Fsp3) is 0.222. The van der Waals surface area contributed by atoms with E-state index in [-0.39, 0.29) is 11.3 Å². The number of nitrogens with zero attached hydrogens (tertiary/aromatic N) is 2. The number of aromatic amines is 1. The van der Waals surface area contributed by atoms with Crippen molar-refractivity contribution >= 4 is 16.9 Å². The topological polar surface area (TPSA) is 96.8 Å². The van der Waals surface area contributed by atoms with Gasteiger partial charge in [0.1, 0.15) is 0 Å². The maximum absolute atomic E-state index is 12.2. The number of benzene rings is 1. The van der Waals surface area contributed by atoms with E-state index in [1.54, 1.807) is 34.9 Å². The van der Waals surface area contributed by atoms with Crippen LogP contribution in [0.25, 0.3) is 11.0 Å². The van der Waals surface area contributed by atoms with Crippen LogP contribution in [0.5, 0.6) is 0 Å². The zero-order chi connectivity index (χ0) is 17.8. The number of amides is 1. The van der Waals surface area contributed by atoms with Gasteiger partial charge in [-0.15, -0.1) is 0 Å². The zero-order valence-electron chi connectivity index (χ0n) is 13.8. The van der Waals surface area contributed by atoms with Gasteiger partial charge in [0, 0.05) is 24.8 Å². The maximum atomic E-state index is 12.2. The molecule has 2 N–H and O–H groups in total. The zero-order valence-corrected chi connectivity index (χ0v) is 13.8. The summed E-state index contributed by atoms with van der Waals surface area (Å²) in [6.45, 7) is 2.69. The van der Waals surface area contributed by atoms with Crippen LogP contribution in [-0.2, 0) is 6.54 Å². The quantitative estimate of drug-likeness (QED) is 0.684. The summed E-state index contributed by atoms with van der Waals surface area (Å²) in [4.78, 5) is 42.7. The Balaban J connectivity index is 1.64. The Hall–Kier alpha value is -3.22. The van der Waals surface area contributed by atoms with Gasteiger partial charge >= 0.3 is 0 Å². The van der Waals surface area contributed by atoms with Gasteiger partial charge in [-0.2, -0.15) is 0 Å². The highest BCUT2D eigenvalue weighted by Crippen LogP contribution is 2.05. The summed E-state index contributed by atoms with van der Waals surface area (Å²) in [7, 11) is 0. The van der Waals surface area contributed by atoms with Crippen molar-refractivity contribution in [3.63, 3.8) is 0 Å². The van der Waals surface area contributed by atoms with Gasteiger partial charge in [-0.25, -0.2) is 4.98 Å². The highest BCUT2D eigenvalue weighted by molar-refractivity contribution is 5.93.